The average molecular weight is 213 g/mol. The third kappa shape index (κ3) is 2.40. The van der Waals surface area contributed by atoms with Gasteiger partial charge in [-0.25, -0.2) is 0 Å². The Bertz CT molecular complexity index is 268. The predicted octanol–water partition coefficient (Wildman–Crippen LogP) is 0.818. The number of nitrogens with two attached hydrogens (primary N) is 1. The van der Waals surface area contributed by atoms with E-state index in [2.05, 4.69) is 10.5 Å². The number of hydrogen-bond acceptors (Lipinski definition) is 3. The first kappa shape index (κ1) is 11.8. The average Bonchev–Trinajstić information content (AvgIpc) is 2.66. The lowest BCUT2D eigenvalue weighted by Crippen LogP contribution is -2.56. The number of oxime groups is 1. The fourth-order valence-corrected chi connectivity index (χ4v) is 1.90. The van der Waals surface area contributed by atoms with Crippen molar-refractivity contribution in [2.75, 3.05) is 0 Å². The molecule has 1 amide bonds. The van der Waals surface area contributed by atoms with Crippen LogP contribution in [0.3, 0.4) is 0 Å². The zero-order valence-electron chi connectivity index (χ0n) is 9.29. The van der Waals surface area contributed by atoms with Gasteiger partial charge in [0.25, 0.3) is 0 Å². The molecular weight excluding hydrogens is 194 g/mol. The SMILES string of the molecule is CC(C)C(=O)NC1(/C(N)=N/O)CCCC1. The van der Waals surface area contributed by atoms with Crippen LogP contribution in [0.15, 0.2) is 5.16 Å². The summed E-state index contributed by atoms with van der Waals surface area (Å²) in [6, 6.07) is 0. The standard InChI is InChI=1S/C10H19N3O2/c1-7(2)8(14)12-10(9(11)13-15)5-3-4-6-10/h7,15H,3-6H2,1-2H3,(H2,11,13)(H,12,14). The Labute approximate surface area is 89.7 Å². The van der Waals surface area contributed by atoms with Crippen LogP contribution in [0.1, 0.15) is 39.5 Å². The summed E-state index contributed by atoms with van der Waals surface area (Å²) in [5.41, 5.74) is 5.03. The molecular formula is C10H19N3O2. The Morgan fingerprint density at radius 1 is 1.47 bits per heavy atom. The fourth-order valence-electron chi connectivity index (χ4n) is 1.90. The molecule has 1 fully saturated rings. The van der Waals surface area contributed by atoms with Crippen LogP contribution in [-0.2, 0) is 4.79 Å². The van der Waals surface area contributed by atoms with Crippen LogP contribution < -0.4 is 11.1 Å². The maximum Gasteiger partial charge on any atom is 0.223 e. The Balaban J connectivity index is 2.79. The first-order valence-corrected chi connectivity index (χ1v) is 5.32. The van der Waals surface area contributed by atoms with Gasteiger partial charge in [0.1, 0.15) is 5.54 Å². The second-order valence-corrected chi connectivity index (χ2v) is 4.42. The lowest BCUT2D eigenvalue weighted by Gasteiger charge is -2.29. The molecule has 0 aromatic heterocycles. The van der Waals surface area contributed by atoms with E-state index in [0.29, 0.717) is 0 Å². The van der Waals surface area contributed by atoms with E-state index in [1.54, 1.807) is 0 Å². The summed E-state index contributed by atoms with van der Waals surface area (Å²) in [6.45, 7) is 3.65. The summed E-state index contributed by atoms with van der Waals surface area (Å²) in [4.78, 5) is 11.6. The van der Waals surface area contributed by atoms with Crippen LogP contribution in [0.5, 0.6) is 0 Å². The molecule has 1 rings (SSSR count). The van der Waals surface area contributed by atoms with Crippen LogP contribution >= 0.6 is 0 Å². The lowest BCUT2D eigenvalue weighted by molar-refractivity contribution is -0.125. The number of hydrogen-bond donors (Lipinski definition) is 3. The van der Waals surface area contributed by atoms with Crippen LogP contribution in [0.4, 0.5) is 0 Å². The van der Waals surface area contributed by atoms with Crippen LogP contribution in [0, 0.1) is 5.92 Å². The molecule has 15 heavy (non-hydrogen) atoms. The van der Waals surface area contributed by atoms with Crippen molar-refractivity contribution in [1.82, 2.24) is 5.32 Å². The smallest absolute Gasteiger partial charge is 0.223 e. The van der Waals surface area contributed by atoms with E-state index in [-0.39, 0.29) is 17.7 Å². The number of amides is 1. The highest BCUT2D eigenvalue weighted by atomic mass is 16.4. The molecule has 0 unspecified atom stereocenters. The number of rotatable bonds is 3. The zero-order chi connectivity index (χ0) is 11.5. The molecule has 1 aliphatic rings. The molecule has 0 bridgehead atoms. The molecule has 4 N–H and O–H groups in total. The van der Waals surface area contributed by atoms with Crippen molar-refractivity contribution in [3.8, 4) is 0 Å². The van der Waals surface area contributed by atoms with Gasteiger partial charge in [-0.05, 0) is 12.8 Å². The molecule has 1 aliphatic carbocycles. The van der Waals surface area contributed by atoms with Crippen molar-refractivity contribution in [3.05, 3.63) is 0 Å². The topological polar surface area (TPSA) is 87.7 Å². The number of nitrogens with one attached hydrogen (secondary N) is 1. The van der Waals surface area contributed by atoms with Crippen LogP contribution in [0.25, 0.3) is 0 Å². The van der Waals surface area contributed by atoms with Gasteiger partial charge >= 0.3 is 0 Å². The number of nitrogens with zero attached hydrogens (tertiary/aromatic N) is 1. The van der Waals surface area contributed by atoms with Crippen LogP contribution in [0.2, 0.25) is 0 Å². The first-order valence-electron chi connectivity index (χ1n) is 5.32. The Morgan fingerprint density at radius 2 is 2.00 bits per heavy atom. The summed E-state index contributed by atoms with van der Waals surface area (Å²) in [5.74, 6) is -0.0218. The van der Waals surface area contributed by atoms with Crippen molar-refractivity contribution < 1.29 is 10.0 Å². The quantitative estimate of drug-likeness (QED) is 0.281. The molecule has 1 saturated carbocycles. The third-order valence-corrected chi connectivity index (χ3v) is 2.94. The largest absolute Gasteiger partial charge is 0.409 e. The van der Waals surface area contributed by atoms with Crippen molar-refractivity contribution in [1.29, 1.82) is 0 Å². The van der Waals surface area contributed by atoms with Gasteiger partial charge in [-0.15, -0.1) is 0 Å². The minimum absolute atomic E-state index is 0.0523. The minimum atomic E-state index is -0.615. The highest BCUT2D eigenvalue weighted by Gasteiger charge is 2.39. The molecule has 0 spiro atoms. The van der Waals surface area contributed by atoms with E-state index in [9.17, 15) is 4.79 Å². The van der Waals surface area contributed by atoms with Gasteiger partial charge in [0, 0.05) is 5.92 Å². The number of amidine groups is 1. The summed E-state index contributed by atoms with van der Waals surface area (Å²) in [6.07, 6.45) is 3.49. The zero-order valence-corrected chi connectivity index (χ0v) is 9.29. The van der Waals surface area contributed by atoms with Crippen molar-refractivity contribution in [3.63, 3.8) is 0 Å². The normalized spacial score (nSPS) is 20.6. The fraction of sp³-hybridized carbons (Fsp3) is 0.800. The maximum absolute atomic E-state index is 11.6. The summed E-state index contributed by atoms with van der Waals surface area (Å²) >= 11 is 0. The predicted molar refractivity (Wildman–Crippen MR) is 57.6 cm³/mol. The Kier molecular flexibility index (Phi) is 3.55. The van der Waals surface area contributed by atoms with Crippen molar-refractivity contribution >= 4 is 11.7 Å². The van der Waals surface area contributed by atoms with E-state index >= 15 is 0 Å². The first-order chi connectivity index (χ1) is 7.02. The molecule has 0 aliphatic heterocycles. The van der Waals surface area contributed by atoms with Gasteiger partial charge in [0.15, 0.2) is 5.84 Å². The lowest BCUT2D eigenvalue weighted by atomic mass is 9.95. The minimum Gasteiger partial charge on any atom is -0.409 e. The monoisotopic (exact) mass is 213 g/mol. The van der Waals surface area contributed by atoms with Gasteiger partial charge in [-0.3, -0.25) is 4.79 Å². The van der Waals surface area contributed by atoms with Crippen molar-refractivity contribution in [2.24, 2.45) is 16.8 Å². The van der Waals surface area contributed by atoms with E-state index in [0.717, 1.165) is 25.7 Å². The van der Waals surface area contributed by atoms with Gasteiger partial charge in [-0.1, -0.05) is 31.8 Å². The summed E-state index contributed by atoms with van der Waals surface area (Å²) in [5, 5.41) is 14.6. The maximum atomic E-state index is 11.6. The van der Waals surface area contributed by atoms with Gasteiger partial charge in [-0.2, -0.15) is 0 Å². The van der Waals surface area contributed by atoms with E-state index in [1.807, 2.05) is 13.8 Å². The summed E-state index contributed by atoms with van der Waals surface area (Å²) in [7, 11) is 0. The van der Waals surface area contributed by atoms with Gasteiger partial charge in [0.05, 0.1) is 0 Å². The second-order valence-electron chi connectivity index (χ2n) is 4.42. The van der Waals surface area contributed by atoms with Gasteiger partial charge < -0.3 is 16.3 Å². The van der Waals surface area contributed by atoms with E-state index in [4.69, 9.17) is 10.9 Å². The van der Waals surface area contributed by atoms with E-state index < -0.39 is 5.54 Å². The molecule has 86 valence electrons. The molecule has 0 heterocycles. The molecule has 0 aromatic rings. The van der Waals surface area contributed by atoms with Crippen LogP contribution in [-0.4, -0.2) is 22.5 Å². The second kappa shape index (κ2) is 4.51. The molecule has 0 saturated heterocycles. The number of carbonyl (C=O) groups excluding carboxylic acids is 1. The Hall–Kier alpha value is -1.26. The highest BCUT2D eigenvalue weighted by molar-refractivity contribution is 5.94. The third-order valence-electron chi connectivity index (χ3n) is 2.94. The molecule has 0 atom stereocenters. The molecule has 5 nitrogen and oxygen atoms in total. The molecule has 0 aromatic carbocycles. The summed E-state index contributed by atoms with van der Waals surface area (Å²) < 4.78 is 0. The van der Waals surface area contributed by atoms with Crippen molar-refractivity contribution in [2.45, 2.75) is 45.1 Å². The molecule has 5 heteroatoms. The van der Waals surface area contributed by atoms with Gasteiger partial charge in [0.2, 0.25) is 5.91 Å². The number of carbonyl (C=O) groups is 1. The molecule has 0 radical (unpaired) electrons. The Morgan fingerprint density at radius 3 is 2.40 bits per heavy atom. The highest BCUT2D eigenvalue weighted by Crippen LogP contribution is 2.30. The van der Waals surface area contributed by atoms with E-state index in [1.165, 1.54) is 0 Å².